The Balaban J connectivity index is 1.92. The summed E-state index contributed by atoms with van der Waals surface area (Å²) in [5.74, 6) is -0.437. The van der Waals surface area contributed by atoms with Crippen LogP contribution >= 0.6 is 11.8 Å². The normalized spacial score (nSPS) is 27.8. The zero-order valence-electron chi connectivity index (χ0n) is 12.1. The van der Waals surface area contributed by atoms with E-state index >= 15 is 0 Å². The van der Waals surface area contributed by atoms with Crippen LogP contribution in [0.25, 0.3) is 0 Å². The van der Waals surface area contributed by atoms with Crippen LogP contribution in [0.1, 0.15) is 39.0 Å². The van der Waals surface area contributed by atoms with Gasteiger partial charge in [0.15, 0.2) is 0 Å². The molecule has 2 heterocycles. The Hall–Kier alpha value is -0.750. The van der Waals surface area contributed by atoms with Crippen LogP contribution in [-0.4, -0.2) is 58.1 Å². The fourth-order valence-corrected chi connectivity index (χ4v) is 4.32. The van der Waals surface area contributed by atoms with E-state index in [1.165, 1.54) is 0 Å². The Morgan fingerprint density at radius 1 is 1.40 bits per heavy atom. The van der Waals surface area contributed by atoms with Gasteiger partial charge in [0.05, 0.1) is 5.75 Å². The van der Waals surface area contributed by atoms with E-state index in [2.05, 4.69) is 5.32 Å². The minimum Gasteiger partial charge on any atom is -0.479 e. The molecule has 114 valence electrons. The van der Waals surface area contributed by atoms with Gasteiger partial charge >= 0.3 is 5.97 Å². The fourth-order valence-electron chi connectivity index (χ4n) is 3.21. The Bertz CT molecular complexity index is 371. The number of carboxylic acid groups (broad SMARTS) is 1. The minimum atomic E-state index is -0.953. The largest absolute Gasteiger partial charge is 0.479 e. The Morgan fingerprint density at radius 2 is 2.10 bits per heavy atom. The highest BCUT2D eigenvalue weighted by molar-refractivity contribution is 8.00. The highest BCUT2D eigenvalue weighted by atomic mass is 32.2. The van der Waals surface area contributed by atoms with Crippen molar-refractivity contribution in [1.82, 2.24) is 10.2 Å². The lowest BCUT2D eigenvalue weighted by molar-refractivity contribution is -0.155. The van der Waals surface area contributed by atoms with Crippen LogP contribution in [0, 0.1) is 0 Å². The molecule has 1 atom stereocenters. The summed E-state index contributed by atoms with van der Waals surface area (Å²) in [7, 11) is 0. The van der Waals surface area contributed by atoms with Crippen LogP contribution in [0.3, 0.4) is 0 Å². The van der Waals surface area contributed by atoms with Crippen LogP contribution in [-0.2, 0) is 9.59 Å². The first kappa shape index (κ1) is 15.6. The number of piperidine rings is 1. The first-order valence-electron chi connectivity index (χ1n) is 7.46. The first-order valence-corrected chi connectivity index (χ1v) is 8.51. The van der Waals surface area contributed by atoms with E-state index in [1.54, 1.807) is 16.7 Å². The van der Waals surface area contributed by atoms with E-state index < -0.39 is 11.5 Å². The number of carboxylic acids is 1. The molecule has 1 unspecified atom stereocenters. The van der Waals surface area contributed by atoms with Crippen molar-refractivity contribution in [2.45, 2.75) is 49.8 Å². The summed E-state index contributed by atoms with van der Waals surface area (Å²) >= 11 is 1.69. The molecule has 20 heavy (non-hydrogen) atoms. The average Bonchev–Trinajstić information content (AvgIpc) is 2.91. The molecule has 0 radical (unpaired) electrons. The van der Waals surface area contributed by atoms with Crippen LogP contribution in [0.15, 0.2) is 0 Å². The minimum absolute atomic E-state index is 0.00437. The van der Waals surface area contributed by atoms with Gasteiger partial charge in [0.1, 0.15) is 5.54 Å². The highest BCUT2D eigenvalue weighted by Gasteiger charge is 2.48. The molecule has 2 rings (SSSR count). The standard InChI is InChI=1S/C14H24N2O3S/c1-2-14(13(18)19)6-3-9-16(14)12(17)10-20-11-4-7-15-8-5-11/h11,15H,2-10H2,1H3,(H,18,19). The predicted molar refractivity (Wildman–Crippen MR) is 80.0 cm³/mol. The summed E-state index contributed by atoms with van der Waals surface area (Å²) in [5, 5.41) is 13.3. The van der Waals surface area contributed by atoms with Crippen molar-refractivity contribution in [2.24, 2.45) is 0 Å². The molecular formula is C14H24N2O3S. The maximum atomic E-state index is 12.4. The lowest BCUT2D eigenvalue weighted by Gasteiger charge is -2.34. The van der Waals surface area contributed by atoms with Gasteiger partial charge < -0.3 is 15.3 Å². The molecule has 0 aromatic heterocycles. The van der Waals surface area contributed by atoms with Crippen molar-refractivity contribution >= 4 is 23.6 Å². The number of carbonyl (C=O) groups excluding carboxylic acids is 1. The number of rotatable bonds is 5. The average molecular weight is 300 g/mol. The summed E-state index contributed by atoms with van der Waals surface area (Å²) in [6.45, 7) is 4.48. The smallest absolute Gasteiger partial charge is 0.329 e. The summed E-state index contributed by atoms with van der Waals surface area (Å²) < 4.78 is 0. The number of aliphatic carboxylic acids is 1. The van der Waals surface area contributed by atoms with Gasteiger partial charge in [-0.25, -0.2) is 4.79 Å². The summed E-state index contributed by atoms with van der Waals surface area (Å²) in [6, 6.07) is 0. The van der Waals surface area contributed by atoms with Crippen molar-refractivity contribution < 1.29 is 14.7 Å². The second-order valence-corrected chi connectivity index (χ2v) is 6.89. The molecule has 6 heteroatoms. The van der Waals surface area contributed by atoms with Crippen LogP contribution in [0.2, 0.25) is 0 Å². The number of likely N-dealkylation sites (tertiary alicyclic amines) is 1. The van der Waals surface area contributed by atoms with Gasteiger partial charge in [-0.2, -0.15) is 0 Å². The third-order valence-electron chi connectivity index (χ3n) is 4.50. The lowest BCUT2D eigenvalue weighted by atomic mass is 9.93. The first-order chi connectivity index (χ1) is 9.60. The number of nitrogens with zero attached hydrogens (tertiary/aromatic N) is 1. The van der Waals surface area contributed by atoms with Crippen molar-refractivity contribution in [1.29, 1.82) is 0 Å². The Morgan fingerprint density at radius 3 is 2.70 bits per heavy atom. The number of hydrogen-bond acceptors (Lipinski definition) is 4. The predicted octanol–water partition coefficient (Wildman–Crippen LogP) is 1.33. The number of amides is 1. The summed E-state index contributed by atoms with van der Waals surface area (Å²) in [5.41, 5.74) is -0.953. The van der Waals surface area contributed by atoms with Gasteiger partial charge in [0.2, 0.25) is 5.91 Å². The lowest BCUT2D eigenvalue weighted by Crippen LogP contribution is -2.53. The van der Waals surface area contributed by atoms with Crippen molar-refractivity contribution in [3.63, 3.8) is 0 Å². The van der Waals surface area contributed by atoms with Gasteiger partial charge in [0, 0.05) is 11.8 Å². The van der Waals surface area contributed by atoms with Crippen LogP contribution in [0.5, 0.6) is 0 Å². The van der Waals surface area contributed by atoms with Gasteiger partial charge in [0.25, 0.3) is 0 Å². The Labute approximate surface area is 124 Å². The second-order valence-electron chi connectivity index (χ2n) is 5.60. The van der Waals surface area contributed by atoms with Gasteiger partial charge in [-0.05, 0) is 45.2 Å². The molecule has 0 spiro atoms. The molecule has 0 saturated carbocycles. The number of carbonyl (C=O) groups is 2. The maximum absolute atomic E-state index is 12.4. The van der Waals surface area contributed by atoms with E-state index in [1.807, 2.05) is 6.92 Å². The number of hydrogen-bond donors (Lipinski definition) is 2. The molecule has 0 aromatic carbocycles. The molecule has 2 saturated heterocycles. The molecule has 1 amide bonds. The SMILES string of the molecule is CCC1(C(=O)O)CCCN1C(=O)CSC1CCNCC1. The monoisotopic (exact) mass is 300 g/mol. The molecule has 0 bridgehead atoms. The molecular weight excluding hydrogens is 276 g/mol. The van der Waals surface area contributed by atoms with E-state index in [0.717, 1.165) is 32.4 Å². The molecule has 5 nitrogen and oxygen atoms in total. The molecule has 2 aliphatic rings. The maximum Gasteiger partial charge on any atom is 0.329 e. The van der Waals surface area contributed by atoms with E-state index in [0.29, 0.717) is 30.4 Å². The van der Waals surface area contributed by atoms with Gasteiger partial charge in [-0.1, -0.05) is 6.92 Å². The van der Waals surface area contributed by atoms with E-state index in [4.69, 9.17) is 0 Å². The van der Waals surface area contributed by atoms with Crippen molar-refractivity contribution in [2.75, 3.05) is 25.4 Å². The zero-order chi connectivity index (χ0) is 14.6. The summed E-state index contributed by atoms with van der Waals surface area (Å²) in [6.07, 6.45) is 4.06. The van der Waals surface area contributed by atoms with Crippen LogP contribution < -0.4 is 5.32 Å². The van der Waals surface area contributed by atoms with Crippen LogP contribution in [0.4, 0.5) is 0 Å². The Kier molecular flexibility index (Phi) is 5.32. The second kappa shape index (κ2) is 6.80. The topological polar surface area (TPSA) is 69.6 Å². The molecule has 0 aromatic rings. The molecule has 2 fully saturated rings. The van der Waals surface area contributed by atoms with E-state index in [-0.39, 0.29) is 5.91 Å². The van der Waals surface area contributed by atoms with Crippen molar-refractivity contribution in [3.8, 4) is 0 Å². The van der Waals surface area contributed by atoms with Gasteiger partial charge in [-0.3, -0.25) is 4.79 Å². The molecule has 0 aliphatic carbocycles. The zero-order valence-corrected chi connectivity index (χ0v) is 12.9. The highest BCUT2D eigenvalue weighted by Crippen LogP contribution is 2.33. The number of nitrogens with one attached hydrogen (secondary N) is 1. The fraction of sp³-hybridized carbons (Fsp3) is 0.857. The quantitative estimate of drug-likeness (QED) is 0.801. The third-order valence-corrected chi connectivity index (χ3v) is 5.86. The molecule has 2 aliphatic heterocycles. The number of thioether (sulfide) groups is 1. The van der Waals surface area contributed by atoms with Gasteiger partial charge in [-0.15, -0.1) is 11.8 Å². The molecule has 2 N–H and O–H groups in total. The summed E-state index contributed by atoms with van der Waals surface area (Å²) in [4.78, 5) is 25.6. The third kappa shape index (κ3) is 3.11. The van der Waals surface area contributed by atoms with E-state index in [9.17, 15) is 14.7 Å². The van der Waals surface area contributed by atoms with Crippen molar-refractivity contribution in [3.05, 3.63) is 0 Å².